The number of alkyl halides is 3. The van der Waals surface area contributed by atoms with Gasteiger partial charge in [-0.2, -0.15) is 18.3 Å². The fourth-order valence-corrected chi connectivity index (χ4v) is 4.31. The molecule has 0 radical (unpaired) electrons. The summed E-state index contributed by atoms with van der Waals surface area (Å²) in [6, 6.07) is 0.990. The minimum Gasteiger partial charge on any atom is -0.462 e. The van der Waals surface area contributed by atoms with Crippen molar-refractivity contribution in [3.63, 3.8) is 0 Å². The molecule has 0 aromatic carbocycles. The minimum atomic E-state index is -4.65. The second kappa shape index (κ2) is 7.63. The molecule has 0 aliphatic heterocycles. The van der Waals surface area contributed by atoms with Crippen molar-refractivity contribution in [2.24, 2.45) is 0 Å². The number of anilines is 1. The number of fused-ring (bicyclic) bond motifs is 1. The van der Waals surface area contributed by atoms with Crippen molar-refractivity contribution in [3.05, 3.63) is 45.2 Å². The van der Waals surface area contributed by atoms with Crippen LogP contribution in [0.2, 0.25) is 0 Å². The summed E-state index contributed by atoms with van der Waals surface area (Å²) in [5.74, 6) is -1.32. The first-order valence-corrected chi connectivity index (χ1v) is 10.5. The van der Waals surface area contributed by atoms with E-state index in [1.165, 1.54) is 11.3 Å². The smallest absolute Gasteiger partial charge is 0.433 e. The van der Waals surface area contributed by atoms with E-state index in [2.05, 4.69) is 15.4 Å². The number of aryl methyl sites for hydroxylation is 1. The number of ether oxygens (including phenoxy) is 1. The van der Waals surface area contributed by atoms with Gasteiger partial charge in [-0.25, -0.2) is 14.3 Å². The number of hydrogen-bond donors (Lipinski definition) is 1. The number of nitrogens with one attached hydrogen (secondary N) is 1. The number of amides is 1. The molecule has 1 saturated carbocycles. The van der Waals surface area contributed by atoms with E-state index in [1.807, 2.05) is 0 Å². The zero-order valence-corrected chi connectivity index (χ0v) is 17.8. The molecule has 1 aliphatic rings. The van der Waals surface area contributed by atoms with Crippen LogP contribution >= 0.6 is 11.3 Å². The van der Waals surface area contributed by atoms with Crippen molar-refractivity contribution >= 4 is 33.9 Å². The van der Waals surface area contributed by atoms with Crippen molar-refractivity contribution in [1.82, 2.24) is 14.6 Å². The van der Waals surface area contributed by atoms with Crippen LogP contribution in [0, 0.1) is 13.8 Å². The molecule has 0 spiro atoms. The van der Waals surface area contributed by atoms with Crippen LogP contribution in [0.15, 0.2) is 12.3 Å². The summed E-state index contributed by atoms with van der Waals surface area (Å²) in [7, 11) is 0. The number of thiophene rings is 1. The lowest BCUT2D eigenvalue weighted by molar-refractivity contribution is -0.142. The molecule has 0 bridgehead atoms. The first-order chi connectivity index (χ1) is 14.6. The highest BCUT2D eigenvalue weighted by atomic mass is 32.1. The van der Waals surface area contributed by atoms with Gasteiger partial charge >= 0.3 is 12.1 Å². The van der Waals surface area contributed by atoms with Crippen LogP contribution in [-0.4, -0.2) is 33.1 Å². The van der Waals surface area contributed by atoms with Crippen LogP contribution in [-0.2, 0) is 10.9 Å². The van der Waals surface area contributed by atoms with Gasteiger partial charge in [-0.3, -0.25) is 4.79 Å². The van der Waals surface area contributed by atoms with Gasteiger partial charge in [-0.15, -0.1) is 11.3 Å². The second-order valence-electron chi connectivity index (χ2n) is 7.29. The van der Waals surface area contributed by atoms with Crippen LogP contribution in [0.1, 0.15) is 68.2 Å². The van der Waals surface area contributed by atoms with E-state index in [1.54, 1.807) is 20.8 Å². The normalized spacial score (nSPS) is 14.1. The molecule has 0 saturated heterocycles. The van der Waals surface area contributed by atoms with E-state index in [9.17, 15) is 22.8 Å². The van der Waals surface area contributed by atoms with Crippen LogP contribution in [0.25, 0.3) is 5.65 Å². The topological polar surface area (TPSA) is 85.6 Å². The Morgan fingerprint density at radius 3 is 2.65 bits per heavy atom. The van der Waals surface area contributed by atoms with Gasteiger partial charge in [0.05, 0.1) is 18.4 Å². The quantitative estimate of drug-likeness (QED) is 0.566. The van der Waals surface area contributed by atoms with Crippen molar-refractivity contribution < 1.29 is 27.5 Å². The summed E-state index contributed by atoms with van der Waals surface area (Å²) < 4.78 is 46.4. The third kappa shape index (κ3) is 3.89. The maximum Gasteiger partial charge on any atom is 0.433 e. The number of hydrogen-bond acceptors (Lipinski definition) is 6. The second-order valence-corrected chi connectivity index (χ2v) is 8.52. The lowest BCUT2D eigenvalue weighted by Gasteiger charge is -2.11. The number of halogens is 3. The van der Waals surface area contributed by atoms with Crippen LogP contribution in [0.5, 0.6) is 0 Å². The van der Waals surface area contributed by atoms with E-state index in [0.29, 0.717) is 15.8 Å². The molecule has 4 rings (SSSR count). The van der Waals surface area contributed by atoms with Gasteiger partial charge in [0.15, 0.2) is 5.65 Å². The van der Waals surface area contributed by atoms with Crippen molar-refractivity contribution in [2.75, 3.05) is 11.9 Å². The van der Waals surface area contributed by atoms with E-state index >= 15 is 0 Å². The first-order valence-electron chi connectivity index (χ1n) is 9.66. The van der Waals surface area contributed by atoms with Gasteiger partial charge in [0.1, 0.15) is 16.3 Å². The zero-order valence-electron chi connectivity index (χ0n) is 17.0. The summed E-state index contributed by atoms with van der Waals surface area (Å²) in [6.07, 6.45) is -2.08. The van der Waals surface area contributed by atoms with Gasteiger partial charge in [-0.1, -0.05) is 0 Å². The zero-order chi connectivity index (χ0) is 22.5. The highest BCUT2D eigenvalue weighted by Crippen LogP contribution is 2.41. The number of nitrogens with zero attached hydrogens (tertiary/aromatic N) is 3. The standard InChI is InChI=1S/C20H19F3N4O3S/c1-4-30-19(29)15-9(2)10(3)31-18(15)26-17(28)12-8-24-27-14(20(21,22)23)7-13(11-5-6-11)25-16(12)27/h7-8,11H,4-6H2,1-3H3,(H,26,28). The average Bonchev–Trinajstić information content (AvgIpc) is 3.39. The fraction of sp³-hybridized carbons (Fsp3) is 0.400. The van der Waals surface area contributed by atoms with Gasteiger partial charge < -0.3 is 10.1 Å². The summed E-state index contributed by atoms with van der Waals surface area (Å²) >= 11 is 1.19. The highest BCUT2D eigenvalue weighted by molar-refractivity contribution is 7.16. The molecule has 1 N–H and O–H groups in total. The molecular formula is C20H19F3N4O3S. The predicted molar refractivity (Wildman–Crippen MR) is 108 cm³/mol. The van der Waals surface area contributed by atoms with E-state index in [0.717, 1.165) is 30.0 Å². The third-order valence-electron chi connectivity index (χ3n) is 5.11. The predicted octanol–water partition coefficient (Wildman–Crippen LogP) is 4.73. The Morgan fingerprint density at radius 2 is 2.03 bits per heavy atom. The third-order valence-corrected chi connectivity index (χ3v) is 6.24. The number of aromatic nitrogens is 3. The molecule has 3 aromatic rings. The summed E-state index contributed by atoms with van der Waals surface area (Å²) in [6.45, 7) is 5.38. The van der Waals surface area contributed by atoms with Gasteiger partial charge in [0, 0.05) is 16.5 Å². The molecule has 31 heavy (non-hydrogen) atoms. The molecule has 1 aliphatic carbocycles. The summed E-state index contributed by atoms with van der Waals surface area (Å²) in [5.41, 5.74) is -0.0507. The van der Waals surface area contributed by atoms with Crippen molar-refractivity contribution in [2.45, 2.75) is 45.7 Å². The lowest BCUT2D eigenvalue weighted by Crippen LogP contribution is -2.17. The summed E-state index contributed by atoms with van der Waals surface area (Å²) in [5, 5.41) is 6.67. The van der Waals surface area contributed by atoms with E-state index < -0.39 is 23.7 Å². The molecule has 7 nitrogen and oxygen atoms in total. The highest BCUT2D eigenvalue weighted by Gasteiger charge is 2.38. The molecule has 164 valence electrons. The van der Waals surface area contributed by atoms with Crippen molar-refractivity contribution in [1.29, 1.82) is 0 Å². The Kier molecular flexibility index (Phi) is 5.24. The lowest BCUT2D eigenvalue weighted by atomic mass is 10.1. The number of carbonyl (C=O) groups excluding carboxylic acids is 2. The number of rotatable bonds is 5. The fourth-order valence-electron chi connectivity index (χ4n) is 3.27. The molecule has 0 atom stereocenters. The van der Waals surface area contributed by atoms with Crippen molar-refractivity contribution in [3.8, 4) is 0 Å². The average molecular weight is 452 g/mol. The molecule has 11 heteroatoms. The van der Waals surface area contributed by atoms with Crippen LogP contribution in [0.3, 0.4) is 0 Å². The number of esters is 1. The Hall–Kier alpha value is -2.95. The Bertz CT molecular complexity index is 1190. The first kappa shape index (κ1) is 21.3. The minimum absolute atomic E-state index is 0.0464. The largest absolute Gasteiger partial charge is 0.462 e. The Labute approximate surface area is 179 Å². The van der Waals surface area contributed by atoms with Gasteiger partial charge in [0.25, 0.3) is 5.91 Å². The monoisotopic (exact) mass is 452 g/mol. The Balaban J connectivity index is 1.75. The molecule has 1 fully saturated rings. The maximum absolute atomic E-state index is 13.6. The molecule has 3 aromatic heterocycles. The van der Waals surface area contributed by atoms with E-state index in [4.69, 9.17) is 4.74 Å². The molecule has 1 amide bonds. The molecule has 0 unspecified atom stereocenters. The van der Waals surface area contributed by atoms with Gasteiger partial charge in [-0.05, 0) is 45.2 Å². The maximum atomic E-state index is 13.6. The Morgan fingerprint density at radius 1 is 1.32 bits per heavy atom. The van der Waals surface area contributed by atoms with E-state index in [-0.39, 0.29) is 34.3 Å². The summed E-state index contributed by atoms with van der Waals surface area (Å²) in [4.78, 5) is 30.4. The SMILES string of the molecule is CCOC(=O)c1c(NC(=O)c2cnn3c(C(F)(F)F)cc(C4CC4)nc23)sc(C)c1C. The van der Waals surface area contributed by atoms with Crippen LogP contribution in [0.4, 0.5) is 18.2 Å². The number of carbonyl (C=O) groups is 2. The van der Waals surface area contributed by atoms with Crippen LogP contribution < -0.4 is 5.32 Å². The van der Waals surface area contributed by atoms with Gasteiger partial charge in [0.2, 0.25) is 0 Å². The molecular weight excluding hydrogens is 433 g/mol. The molecule has 3 heterocycles.